The number of esters is 1. The predicted octanol–water partition coefficient (Wildman–Crippen LogP) is 4.10. The topological polar surface area (TPSA) is 64.1 Å². The molecule has 2 aromatic heterocycles. The van der Waals surface area contributed by atoms with Crippen LogP contribution in [0.15, 0.2) is 6.07 Å². The first kappa shape index (κ1) is 17.7. The Morgan fingerprint density at radius 3 is 2.83 bits per heavy atom. The van der Waals surface area contributed by atoms with E-state index in [2.05, 4.69) is 28.3 Å². The molecule has 1 N–H and O–H groups in total. The third-order valence-electron chi connectivity index (χ3n) is 3.56. The zero-order valence-electron chi connectivity index (χ0n) is 14.1. The Balaban J connectivity index is 1.82. The Morgan fingerprint density at radius 1 is 1.26 bits per heavy atom. The van der Waals surface area contributed by atoms with Gasteiger partial charge in [0.15, 0.2) is 0 Å². The van der Waals surface area contributed by atoms with Crippen LogP contribution in [0.2, 0.25) is 0 Å². The molecule has 5 nitrogen and oxygen atoms in total. The summed E-state index contributed by atoms with van der Waals surface area (Å²) in [5.74, 6) is 1.62. The lowest BCUT2D eigenvalue weighted by atomic mass is 10.2. The highest BCUT2D eigenvalue weighted by atomic mass is 32.1. The Kier molecular flexibility index (Phi) is 6.77. The first-order valence-electron chi connectivity index (χ1n) is 8.30. The van der Waals surface area contributed by atoms with Crippen molar-refractivity contribution >= 4 is 33.3 Å². The van der Waals surface area contributed by atoms with E-state index in [4.69, 9.17) is 4.74 Å². The third kappa shape index (κ3) is 5.16. The van der Waals surface area contributed by atoms with Crippen LogP contribution >= 0.6 is 11.3 Å². The number of thiophene rings is 1. The Morgan fingerprint density at radius 2 is 2.09 bits per heavy atom. The summed E-state index contributed by atoms with van der Waals surface area (Å²) in [6.45, 7) is 7.23. The molecule has 0 unspecified atom stereocenters. The molecular formula is C17H25N3O2S. The Bertz CT molecular complexity index is 655. The van der Waals surface area contributed by atoms with E-state index in [-0.39, 0.29) is 5.97 Å². The molecule has 0 aliphatic carbocycles. The van der Waals surface area contributed by atoms with Crippen LogP contribution in [0, 0.1) is 6.92 Å². The van der Waals surface area contributed by atoms with Gasteiger partial charge in [0.05, 0.1) is 12.0 Å². The largest absolute Gasteiger partial charge is 0.466 e. The number of ether oxygens (including phenoxy) is 1. The number of hydrogen-bond acceptors (Lipinski definition) is 6. The molecule has 0 aromatic carbocycles. The smallest absolute Gasteiger partial charge is 0.305 e. The number of aryl methyl sites for hydroxylation is 2. The molecular weight excluding hydrogens is 310 g/mol. The minimum Gasteiger partial charge on any atom is -0.466 e. The summed E-state index contributed by atoms with van der Waals surface area (Å²) in [6, 6.07) is 2.18. The molecule has 0 bridgehead atoms. The van der Waals surface area contributed by atoms with E-state index in [1.165, 1.54) is 4.88 Å². The van der Waals surface area contributed by atoms with Gasteiger partial charge in [0.2, 0.25) is 0 Å². The summed E-state index contributed by atoms with van der Waals surface area (Å²) in [5, 5.41) is 4.53. The maximum absolute atomic E-state index is 11.3. The average molecular weight is 335 g/mol. The monoisotopic (exact) mass is 335 g/mol. The van der Waals surface area contributed by atoms with Crippen molar-refractivity contribution in [2.24, 2.45) is 0 Å². The number of nitrogens with zero attached hydrogens (tertiary/aromatic N) is 2. The molecule has 2 aromatic rings. The zero-order valence-corrected chi connectivity index (χ0v) is 15.0. The van der Waals surface area contributed by atoms with Crippen molar-refractivity contribution in [1.82, 2.24) is 9.97 Å². The van der Waals surface area contributed by atoms with E-state index < -0.39 is 0 Å². The molecule has 0 amide bonds. The highest BCUT2D eigenvalue weighted by molar-refractivity contribution is 7.18. The van der Waals surface area contributed by atoms with Crippen LogP contribution in [-0.2, 0) is 16.0 Å². The second-order valence-corrected chi connectivity index (χ2v) is 6.56. The number of carbonyl (C=O) groups excluding carboxylic acids is 1. The normalized spacial score (nSPS) is 10.9. The summed E-state index contributed by atoms with van der Waals surface area (Å²) in [7, 11) is 0. The Hall–Kier alpha value is -1.69. The van der Waals surface area contributed by atoms with E-state index in [1.807, 2.05) is 13.8 Å². The molecule has 0 aliphatic heterocycles. The van der Waals surface area contributed by atoms with Crippen LogP contribution in [0.1, 0.15) is 50.2 Å². The maximum atomic E-state index is 11.3. The first-order chi connectivity index (χ1) is 11.1. The van der Waals surface area contributed by atoms with Gasteiger partial charge in [0.25, 0.3) is 0 Å². The molecule has 2 heterocycles. The van der Waals surface area contributed by atoms with Crippen molar-refractivity contribution in [2.75, 3.05) is 18.5 Å². The van der Waals surface area contributed by atoms with Gasteiger partial charge in [-0.05, 0) is 39.2 Å². The van der Waals surface area contributed by atoms with Crippen molar-refractivity contribution < 1.29 is 9.53 Å². The van der Waals surface area contributed by atoms with Gasteiger partial charge in [-0.2, -0.15) is 0 Å². The predicted molar refractivity (Wildman–Crippen MR) is 95.1 cm³/mol. The Labute approximate surface area is 141 Å². The second-order valence-electron chi connectivity index (χ2n) is 5.45. The summed E-state index contributed by atoms with van der Waals surface area (Å²) in [6.07, 6.45) is 4.41. The highest BCUT2D eigenvalue weighted by Crippen LogP contribution is 2.29. The van der Waals surface area contributed by atoms with Gasteiger partial charge in [0.1, 0.15) is 16.5 Å². The molecule has 2 rings (SSSR count). The number of anilines is 1. The minimum absolute atomic E-state index is 0.0982. The fourth-order valence-electron chi connectivity index (χ4n) is 2.40. The van der Waals surface area contributed by atoms with Crippen molar-refractivity contribution in [1.29, 1.82) is 0 Å². The van der Waals surface area contributed by atoms with Gasteiger partial charge < -0.3 is 10.1 Å². The number of unbranched alkanes of at least 4 members (excludes halogenated alkanes) is 2. The number of fused-ring (bicyclic) bond motifs is 1. The van der Waals surface area contributed by atoms with E-state index in [9.17, 15) is 4.79 Å². The highest BCUT2D eigenvalue weighted by Gasteiger charge is 2.09. The van der Waals surface area contributed by atoms with Gasteiger partial charge in [-0.25, -0.2) is 9.97 Å². The standard InChI is InChI=1S/C17H25N3O2S/c1-4-13-11-14-16(19-12(3)20-17(14)23-13)18-10-8-6-7-9-15(21)22-5-2/h11H,4-10H2,1-3H3,(H,18,19,20). The van der Waals surface area contributed by atoms with Crippen LogP contribution in [0.25, 0.3) is 10.2 Å². The lowest BCUT2D eigenvalue weighted by Gasteiger charge is -2.07. The van der Waals surface area contributed by atoms with Gasteiger partial charge >= 0.3 is 5.97 Å². The molecule has 0 spiro atoms. The zero-order chi connectivity index (χ0) is 16.7. The summed E-state index contributed by atoms with van der Waals surface area (Å²) >= 11 is 1.74. The van der Waals surface area contributed by atoms with Crippen molar-refractivity contribution in [2.45, 2.75) is 52.9 Å². The minimum atomic E-state index is -0.0982. The van der Waals surface area contributed by atoms with Crippen LogP contribution in [0.3, 0.4) is 0 Å². The molecule has 0 aliphatic rings. The number of hydrogen-bond donors (Lipinski definition) is 1. The van der Waals surface area contributed by atoms with E-state index in [1.54, 1.807) is 11.3 Å². The van der Waals surface area contributed by atoms with Crippen LogP contribution in [0.5, 0.6) is 0 Å². The van der Waals surface area contributed by atoms with Crippen LogP contribution < -0.4 is 5.32 Å². The first-order valence-corrected chi connectivity index (χ1v) is 9.12. The molecule has 0 radical (unpaired) electrons. The molecule has 0 saturated heterocycles. The lowest BCUT2D eigenvalue weighted by molar-refractivity contribution is -0.143. The van der Waals surface area contributed by atoms with Crippen molar-refractivity contribution in [3.8, 4) is 0 Å². The molecule has 6 heteroatoms. The summed E-state index contributed by atoms with van der Waals surface area (Å²) in [4.78, 5) is 22.7. The van der Waals surface area contributed by atoms with Gasteiger partial charge in [-0.15, -0.1) is 11.3 Å². The number of aromatic nitrogens is 2. The third-order valence-corrected chi connectivity index (χ3v) is 4.73. The van der Waals surface area contributed by atoms with Gasteiger partial charge in [-0.1, -0.05) is 13.3 Å². The number of nitrogens with one attached hydrogen (secondary N) is 1. The second kappa shape index (κ2) is 8.82. The van der Waals surface area contributed by atoms with Gasteiger partial charge in [-0.3, -0.25) is 4.79 Å². The van der Waals surface area contributed by atoms with Crippen molar-refractivity contribution in [3.63, 3.8) is 0 Å². The number of carbonyl (C=O) groups is 1. The average Bonchev–Trinajstić information content (AvgIpc) is 2.93. The molecule has 0 atom stereocenters. The molecule has 0 fully saturated rings. The van der Waals surface area contributed by atoms with Gasteiger partial charge in [0, 0.05) is 17.8 Å². The number of rotatable bonds is 9. The fraction of sp³-hybridized carbons (Fsp3) is 0.588. The van der Waals surface area contributed by atoms with Crippen LogP contribution in [0.4, 0.5) is 5.82 Å². The van der Waals surface area contributed by atoms with E-state index in [0.717, 1.165) is 54.1 Å². The summed E-state index contributed by atoms with van der Waals surface area (Å²) in [5.41, 5.74) is 0. The lowest BCUT2D eigenvalue weighted by Crippen LogP contribution is -2.06. The fourth-order valence-corrected chi connectivity index (χ4v) is 3.41. The SMILES string of the molecule is CCOC(=O)CCCCCNc1nc(C)nc2sc(CC)cc12. The molecule has 126 valence electrons. The van der Waals surface area contributed by atoms with Crippen molar-refractivity contribution in [3.05, 3.63) is 16.8 Å². The van der Waals surface area contributed by atoms with Crippen LogP contribution in [-0.4, -0.2) is 29.1 Å². The molecule has 0 saturated carbocycles. The quantitative estimate of drug-likeness (QED) is 0.552. The molecule has 23 heavy (non-hydrogen) atoms. The summed E-state index contributed by atoms with van der Waals surface area (Å²) < 4.78 is 4.92. The van der Waals surface area contributed by atoms with E-state index >= 15 is 0 Å². The van der Waals surface area contributed by atoms with E-state index in [0.29, 0.717) is 13.0 Å². The maximum Gasteiger partial charge on any atom is 0.305 e.